The van der Waals surface area contributed by atoms with E-state index in [0.717, 1.165) is 22.9 Å². The molecule has 0 unspecified atom stereocenters. The second-order valence-electron chi connectivity index (χ2n) is 8.67. The van der Waals surface area contributed by atoms with Gasteiger partial charge in [0.05, 0.1) is 16.1 Å². The summed E-state index contributed by atoms with van der Waals surface area (Å²) in [5, 5.41) is 6.58. The van der Waals surface area contributed by atoms with Crippen LogP contribution in [0.5, 0.6) is 0 Å². The van der Waals surface area contributed by atoms with Gasteiger partial charge >= 0.3 is 6.03 Å². The number of aryl methyl sites for hydroxylation is 1. The highest BCUT2D eigenvalue weighted by Crippen LogP contribution is 2.25. The zero-order valence-corrected chi connectivity index (χ0v) is 21.8. The molecule has 1 saturated heterocycles. The van der Waals surface area contributed by atoms with Gasteiger partial charge in [-0.05, 0) is 31.2 Å². The first-order valence-corrected chi connectivity index (χ1v) is 14.8. The van der Waals surface area contributed by atoms with Crippen molar-refractivity contribution in [2.24, 2.45) is 0 Å². The Hall–Kier alpha value is -3.06. The Bertz CT molecular complexity index is 1480. The van der Waals surface area contributed by atoms with Gasteiger partial charge in [0.25, 0.3) is 0 Å². The molecule has 0 atom stereocenters. The zero-order chi connectivity index (χ0) is 25.9. The fraction of sp³-hybridized carbons (Fsp3) is 0.333. The number of aromatic nitrogens is 1. The lowest BCUT2D eigenvalue weighted by atomic mass is 10.1. The summed E-state index contributed by atoms with van der Waals surface area (Å²) in [4.78, 5) is 18.6. The van der Waals surface area contributed by atoms with Gasteiger partial charge in [-0.25, -0.2) is 21.6 Å². The topological polar surface area (TPSA) is 129 Å². The number of carbonyl (C=O) groups is 1. The number of nitrogens with one attached hydrogen (secondary N) is 2. The van der Waals surface area contributed by atoms with Crippen LogP contribution in [0.1, 0.15) is 5.69 Å². The van der Waals surface area contributed by atoms with Crippen molar-refractivity contribution in [1.82, 2.24) is 19.5 Å². The van der Waals surface area contributed by atoms with Gasteiger partial charge in [0.15, 0.2) is 9.84 Å². The fourth-order valence-electron chi connectivity index (χ4n) is 4.21. The van der Waals surface area contributed by atoms with Crippen molar-refractivity contribution in [3.05, 3.63) is 60.3 Å². The largest absolute Gasteiger partial charge is 0.337 e. The monoisotopic (exact) mass is 531 g/mol. The molecule has 1 aliphatic rings. The number of hydrogen-bond acceptors (Lipinski definition) is 7. The van der Waals surface area contributed by atoms with E-state index in [1.165, 1.54) is 28.6 Å². The van der Waals surface area contributed by atoms with E-state index in [9.17, 15) is 21.6 Å². The summed E-state index contributed by atoms with van der Waals surface area (Å²) in [6.45, 7) is 4.21. The molecule has 0 aliphatic carbocycles. The zero-order valence-electron chi connectivity index (χ0n) is 20.1. The number of benzene rings is 2. The van der Waals surface area contributed by atoms with Crippen molar-refractivity contribution in [3.63, 3.8) is 0 Å². The molecule has 0 radical (unpaired) electrons. The number of fused-ring (bicyclic) bond motifs is 1. The second kappa shape index (κ2) is 10.5. The van der Waals surface area contributed by atoms with Gasteiger partial charge in [0, 0.05) is 56.6 Å². The van der Waals surface area contributed by atoms with Crippen LogP contribution in [0.4, 0.5) is 10.5 Å². The number of rotatable bonds is 7. The van der Waals surface area contributed by atoms with E-state index in [1.54, 1.807) is 0 Å². The highest BCUT2D eigenvalue weighted by atomic mass is 32.2. The Kier molecular flexibility index (Phi) is 7.59. The van der Waals surface area contributed by atoms with Gasteiger partial charge < -0.3 is 10.6 Å². The quantitative estimate of drug-likeness (QED) is 0.478. The molecule has 2 amide bonds. The molecular weight excluding hydrogens is 502 g/mol. The maximum atomic E-state index is 13.1. The molecular formula is C24H29N5O5S2. The molecule has 3 aromatic rings. The minimum Gasteiger partial charge on any atom is -0.337 e. The number of para-hydroxylation sites is 1. The SMILES string of the molecule is Cc1cc(NC(=O)NCCN2CCN(S(=O)(=O)c3ccccc3S(C)(=O)=O)CC2)c2ccccc2n1. The highest BCUT2D eigenvalue weighted by Gasteiger charge is 2.32. The molecule has 10 nitrogen and oxygen atoms in total. The minimum atomic E-state index is -3.95. The summed E-state index contributed by atoms with van der Waals surface area (Å²) in [6, 6.07) is 14.7. The number of nitrogens with zero attached hydrogens (tertiary/aromatic N) is 3. The summed E-state index contributed by atoms with van der Waals surface area (Å²) in [5.74, 6) is 0. The average molecular weight is 532 g/mol. The van der Waals surface area contributed by atoms with Crippen LogP contribution in [0.15, 0.2) is 64.4 Å². The highest BCUT2D eigenvalue weighted by molar-refractivity contribution is 7.93. The van der Waals surface area contributed by atoms with Gasteiger partial charge in [-0.2, -0.15) is 4.31 Å². The lowest BCUT2D eigenvalue weighted by Gasteiger charge is -2.34. The summed E-state index contributed by atoms with van der Waals surface area (Å²) >= 11 is 0. The van der Waals surface area contributed by atoms with Gasteiger partial charge in [0.1, 0.15) is 4.90 Å². The van der Waals surface area contributed by atoms with Crippen LogP contribution in [0.2, 0.25) is 0 Å². The van der Waals surface area contributed by atoms with E-state index < -0.39 is 19.9 Å². The summed E-state index contributed by atoms with van der Waals surface area (Å²) in [7, 11) is -7.64. The number of piperazine rings is 1. The normalized spacial score (nSPS) is 15.6. The van der Waals surface area contributed by atoms with Crippen LogP contribution in [0, 0.1) is 6.92 Å². The third-order valence-electron chi connectivity index (χ3n) is 6.00. The Labute approximate surface area is 211 Å². The summed E-state index contributed by atoms with van der Waals surface area (Å²) < 4.78 is 51.7. The fourth-order valence-corrected chi connectivity index (χ4v) is 7.23. The number of anilines is 1. The number of carbonyl (C=O) groups excluding carboxylic acids is 1. The first kappa shape index (κ1) is 26.0. The van der Waals surface area contributed by atoms with Crippen LogP contribution in [0.25, 0.3) is 10.9 Å². The van der Waals surface area contributed by atoms with E-state index in [0.29, 0.717) is 31.9 Å². The van der Waals surface area contributed by atoms with Crippen molar-refractivity contribution >= 4 is 42.5 Å². The molecule has 4 rings (SSSR count). The molecule has 0 saturated carbocycles. The minimum absolute atomic E-state index is 0.195. The molecule has 2 heterocycles. The van der Waals surface area contributed by atoms with E-state index in [4.69, 9.17) is 0 Å². The van der Waals surface area contributed by atoms with E-state index in [-0.39, 0.29) is 28.9 Å². The molecule has 0 spiro atoms. The Morgan fingerprint density at radius 2 is 1.58 bits per heavy atom. The van der Waals surface area contributed by atoms with Crippen molar-refractivity contribution in [2.45, 2.75) is 16.7 Å². The number of sulfone groups is 1. The lowest BCUT2D eigenvalue weighted by Crippen LogP contribution is -2.50. The third-order valence-corrected chi connectivity index (χ3v) is 9.24. The predicted molar refractivity (Wildman–Crippen MR) is 138 cm³/mol. The van der Waals surface area contributed by atoms with E-state index in [1.807, 2.05) is 37.3 Å². The molecule has 2 aromatic carbocycles. The van der Waals surface area contributed by atoms with Crippen LogP contribution in [-0.4, -0.2) is 82.6 Å². The first-order valence-electron chi connectivity index (χ1n) is 11.5. The van der Waals surface area contributed by atoms with Gasteiger partial charge in [-0.15, -0.1) is 0 Å². The van der Waals surface area contributed by atoms with Crippen molar-refractivity contribution < 1.29 is 21.6 Å². The van der Waals surface area contributed by atoms with Gasteiger partial charge in [0.2, 0.25) is 10.0 Å². The Morgan fingerprint density at radius 1 is 0.944 bits per heavy atom. The number of hydrogen-bond donors (Lipinski definition) is 2. The number of sulfonamides is 1. The van der Waals surface area contributed by atoms with Gasteiger partial charge in [-0.3, -0.25) is 9.88 Å². The molecule has 0 bridgehead atoms. The Balaban J connectivity index is 1.30. The van der Waals surface area contributed by atoms with Crippen molar-refractivity contribution in [3.8, 4) is 0 Å². The molecule has 1 fully saturated rings. The van der Waals surface area contributed by atoms with Crippen LogP contribution in [-0.2, 0) is 19.9 Å². The van der Waals surface area contributed by atoms with Crippen LogP contribution < -0.4 is 10.6 Å². The number of pyridine rings is 1. The summed E-state index contributed by atoms with van der Waals surface area (Å²) in [5.41, 5.74) is 2.29. The molecule has 1 aromatic heterocycles. The van der Waals surface area contributed by atoms with E-state index >= 15 is 0 Å². The molecule has 2 N–H and O–H groups in total. The smallest absolute Gasteiger partial charge is 0.319 e. The van der Waals surface area contributed by atoms with Crippen molar-refractivity contribution in [1.29, 1.82) is 0 Å². The molecule has 36 heavy (non-hydrogen) atoms. The van der Waals surface area contributed by atoms with E-state index in [2.05, 4.69) is 20.5 Å². The lowest BCUT2D eigenvalue weighted by molar-refractivity contribution is 0.188. The second-order valence-corrected chi connectivity index (χ2v) is 12.6. The van der Waals surface area contributed by atoms with Gasteiger partial charge in [-0.1, -0.05) is 30.3 Å². The third kappa shape index (κ3) is 5.84. The molecule has 192 valence electrons. The van der Waals surface area contributed by atoms with Crippen molar-refractivity contribution in [2.75, 3.05) is 50.8 Å². The standard InChI is InChI=1S/C24H29N5O5S2/c1-18-17-21(19-7-3-4-8-20(19)26-18)27-24(30)25-11-12-28-13-15-29(16-14-28)36(33,34)23-10-6-5-9-22(23)35(2,31)32/h3-10,17H,11-16H2,1-2H3,(H2,25,26,27,30). The molecule has 12 heteroatoms. The number of amides is 2. The maximum Gasteiger partial charge on any atom is 0.319 e. The maximum absolute atomic E-state index is 13.1. The van der Waals surface area contributed by atoms with Crippen LogP contribution >= 0.6 is 0 Å². The number of urea groups is 1. The summed E-state index contributed by atoms with van der Waals surface area (Å²) in [6.07, 6.45) is 1.00. The average Bonchev–Trinajstić information content (AvgIpc) is 2.84. The Morgan fingerprint density at radius 3 is 2.28 bits per heavy atom. The molecule has 1 aliphatic heterocycles. The first-order chi connectivity index (χ1) is 17.1. The predicted octanol–water partition coefficient (Wildman–Crippen LogP) is 2.07. The van der Waals surface area contributed by atoms with Crippen LogP contribution in [0.3, 0.4) is 0 Å².